The highest BCUT2D eigenvalue weighted by Crippen LogP contribution is 2.65. The summed E-state index contributed by atoms with van der Waals surface area (Å²) in [5.41, 5.74) is 3.02. The molecule has 2 aromatic rings. The van der Waals surface area contributed by atoms with E-state index < -0.39 is 0 Å². The Labute approximate surface area is 201 Å². The van der Waals surface area contributed by atoms with E-state index in [1.165, 1.54) is 4.90 Å². The molecule has 0 aromatic heterocycles. The highest BCUT2D eigenvalue weighted by molar-refractivity contribution is 9.10. The SMILES string of the molecule is Cc1ccccc1C(=O)N(CN1C(=O)C2C3C=CC(C4CC34)C2C1=O)c1ccc(Br)cc1C. The second kappa shape index (κ2) is 7.39. The van der Waals surface area contributed by atoms with E-state index >= 15 is 0 Å². The van der Waals surface area contributed by atoms with Gasteiger partial charge in [0.15, 0.2) is 0 Å². The molecule has 0 spiro atoms. The lowest BCUT2D eigenvalue weighted by molar-refractivity contribution is -0.140. The highest BCUT2D eigenvalue weighted by atomic mass is 79.9. The van der Waals surface area contributed by atoms with Crippen molar-refractivity contribution in [2.45, 2.75) is 20.3 Å². The lowest BCUT2D eigenvalue weighted by Gasteiger charge is -2.37. The molecule has 2 saturated carbocycles. The molecule has 5 aliphatic rings. The summed E-state index contributed by atoms with van der Waals surface area (Å²) in [5, 5.41) is 0. The van der Waals surface area contributed by atoms with Gasteiger partial charge in [-0.3, -0.25) is 24.2 Å². The fraction of sp³-hybridized carbons (Fsp3) is 0.370. The molecule has 1 heterocycles. The lowest BCUT2D eigenvalue weighted by Crippen LogP contribution is -2.45. The summed E-state index contributed by atoms with van der Waals surface area (Å²) in [6.07, 6.45) is 5.47. The van der Waals surface area contributed by atoms with Crippen molar-refractivity contribution in [3.63, 3.8) is 0 Å². The molecule has 4 aliphatic carbocycles. The first kappa shape index (κ1) is 20.8. The minimum Gasteiger partial charge on any atom is -0.289 e. The molecule has 6 atom stereocenters. The first-order chi connectivity index (χ1) is 15.9. The zero-order valence-corrected chi connectivity index (χ0v) is 20.2. The van der Waals surface area contributed by atoms with Gasteiger partial charge in [0.05, 0.1) is 11.8 Å². The zero-order valence-electron chi connectivity index (χ0n) is 18.6. The van der Waals surface area contributed by atoms with E-state index in [9.17, 15) is 14.4 Å². The summed E-state index contributed by atoms with van der Waals surface area (Å²) in [6, 6.07) is 13.1. The van der Waals surface area contributed by atoms with Crippen molar-refractivity contribution in [1.82, 2.24) is 4.90 Å². The highest BCUT2D eigenvalue weighted by Gasteiger charge is 2.67. The average Bonchev–Trinajstić information content (AvgIpc) is 3.58. The predicted octanol–water partition coefficient (Wildman–Crippen LogP) is 4.72. The third-order valence-electron chi connectivity index (χ3n) is 8.11. The van der Waals surface area contributed by atoms with E-state index in [1.54, 1.807) is 11.0 Å². The third kappa shape index (κ3) is 3.07. The normalized spacial score (nSPS) is 30.9. The summed E-state index contributed by atoms with van der Waals surface area (Å²) < 4.78 is 0.910. The number of carbonyl (C=O) groups excluding carboxylic acids is 3. The molecule has 6 unspecified atom stereocenters. The molecule has 5 nitrogen and oxygen atoms in total. The van der Waals surface area contributed by atoms with Gasteiger partial charge in [0, 0.05) is 15.7 Å². The van der Waals surface area contributed by atoms with Crippen molar-refractivity contribution in [3.05, 3.63) is 75.8 Å². The number of hydrogen-bond donors (Lipinski definition) is 0. The van der Waals surface area contributed by atoms with Crippen molar-refractivity contribution in [2.24, 2.45) is 35.5 Å². The molecule has 3 amide bonds. The topological polar surface area (TPSA) is 57.7 Å². The number of benzene rings is 2. The molecule has 1 saturated heterocycles. The van der Waals surface area contributed by atoms with Crippen molar-refractivity contribution >= 4 is 39.3 Å². The molecule has 33 heavy (non-hydrogen) atoms. The van der Waals surface area contributed by atoms with E-state index in [0.29, 0.717) is 23.1 Å². The van der Waals surface area contributed by atoms with Crippen LogP contribution in [0.25, 0.3) is 0 Å². The largest absolute Gasteiger partial charge is 0.289 e. The molecule has 1 aliphatic heterocycles. The van der Waals surface area contributed by atoms with Crippen LogP contribution >= 0.6 is 15.9 Å². The Kier molecular flexibility index (Phi) is 4.67. The van der Waals surface area contributed by atoms with Crippen LogP contribution in [-0.4, -0.2) is 29.3 Å². The number of anilines is 1. The fourth-order valence-electron chi connectivity index (χ4n) is 6.43. The number of amides is 3. The van der Waals surface area contributed by atoms with E-state index in [1.807, 2.05) is 50.2 Å². The summed E-state index contributed by atoms with van der Waals surface area (Å²) in [4.78, 5) is 43.8. The van der Waals surface area contributed by atoms with Crippen LogP contribution in [0.5, 0.6) is 0 Å². The molecular formula is C27H25BrN2O3. The van der Waals surface area contributed by atoms with Crippen LogP contribution in [0.3, 0.4) is 0 Å². The van der Waals surface area contributed by atoms with E-state index in [4.69, 9.17) is 0 Å². The smallest absolute Gasteiger partial charge is 0.260 e. The van der Waals surface area contributed by atoms with Gasteiger partial charge >= 0.3 is 0 Å². The van der Waals surface area contributed by atoms with Crippen molar-refractivity contribution in [3.8, 4) is 0 Å². The van der Waals surface area contributed by atoms with Crippen LogP contribution in [0.15, 0.2) is 59.1 Å². The maximum atomic E-state index is 13.8. The molecule has 3 fully saturated rings. The van der Waals surface area contributed by atoms with Gasteiger partial charge in [-0.15, -0.1) is 0 Å². The van der Waals surface area contributed by atoms with Gasteiger partial charge in [-0.2, -0.15) is 0 Å². The monoisotopic (exact) mass is 504 g/mol. The number of carbonyl (C=O) groups is 3. The summed E-state index contributed by atoms with van der Waals surface area (Å²) in [7, 11) is 0. The summed E-state index contributed by atoms with van der Waals surface area (Å²) in [5.74, 6) is 0.461. The number of likely N-dealkylation sites (tertiary alicyclic amines) is 1. The second-order valence-electron chi connectivity index (χ2n) is 9.88. The third-order valence-corrected chi connectivity index (χ3v) is 8.60. The fourth-order valence-corrected chi connectivity index (χ4v) is 6.90. The number of halogens is 1. The van der Waals surface area contributed by atoms with Gasteiger partial charge in [-0.25, -0.2) is 0 Å². The number of allylic oxidation sites excluding steroid dienone is 2. The van der Waals surface area contributed by atoms with Gasteiger partial charge < -0.3 is 0 Å². The standard InChI is InChI=1S/C27H25BrN2O3/c1-14-5-3-4-6-17(14)25(31)29(22-10-7-16(28)11-15(22)2)13-30-26(32)23-18-8-9-19(21-12-20(18)21)24(23)27(30)33/h3-11,18-21,23-24H,12-13H2,1-2H3. The Balaban J connectivity index is 1.38. The molecular weight excluding hydrogens is 480 g/mol. The molecule has 0 N–H and O–H groups in total. The Morgan fingerprint density at radius 3 is 2.21 bits per heavy atom. The van der Waals surface area contributed by atoms with Gasteiger partial charge in [0.25, 0.3) is 5.91 Å². The maximum Gasteiger partial charge on any atom is 0.260 e. The zero-order chi connectivity index (χ0) is 23.0. The van der Waals surface area contributed by atoms with Gasteiger partial charge in [0.1, 0.15) is 6.67 Å². The molecule has 6 heteroatoms. The number of nitrogens with zero attached hydrogens (tertiary/aromatic N) is 2. The van der Waals surface area contributed by atoms with Crippen LogP contribution in [0.1, 0.15) is 27.9 Å². The molecule has 0 radical (unpaired) electrons. The summed E-state index contributed by atoms with van der Waals surface area (Å²) in [6.45, 7) is 3.77. The minimum atomic E-state index is -0.266. The van der Waals surface area contributed by atoms with E-state index in [2.05, 4.69) is 28.1 Å². The Morgan fingerprint density at radius 2 is 1.61 bits per heavy atom. The van der Waals surface area contributed by atoms with E-state index in [0.717, 1.165) is 22.0 Å². The molecule has 2 bridgehead atoms. The Hall–Kier alpha value is -2.73. The van der Waals surface area contributed by atoms with Crippen LogP contribution in [-0.2, 0) is 9.59 Å². The number of rotatable bonds is 4. The summed E-state index contributed by atoms with van der Waals surface area (Å²) >= 11 is 3.49. The van der Waals surface area contributed by atoms with Gasteiger partial charge in [-0.1, -0.05) is 46.3 Å². The van der Waals surface area contributed by atoms with Crippen LogP contribution in [0, 0.1) is 49.4 Å². The lowest BCUT2D eigenvalue weighted by atomic mass is 9.63. The van der Waals surface area contributed by atoms with E-state index in [-0.39, 0.29) is 48.1 Å². The number of imide groups is 1. The van der Waals surface area contributed by atoms with Crippen LogP contribution in [0.4, 0.5) is 5.69 Å². The minimum absolute atomic E-state index is 0.0604. The van der Waals surface area contributed by atoms with Crippen LogP contribution in [0.2, 0.25) is 0 Å². The number of hydrogen-bond acceptors (Lipinski definition) is 3. The van der Waals surface area contributed by atoms with Crippen LogP contribution < -0.4 is 4.90 Å². The number of aryl methyl sites for hydroxylation is 2. The maximum absolute atomic E-state index is 13.8. The van der Waals surface area contributed by atoms with Gasteiger partial charge in [-0.05, 0) is 79.3 Å². The molecule has 168 valence electrons. The Bertz CT molecular complexity index is 1200. The van der Waals surface area contributed by atoms with Crippen molar-refractivity contribution in [2.75, 3.05) is 11.6 Å². The predicted molar refractivity (Wildman–Crippen MR) is 128 cm³/mol. The van der Waals surface area contributed by atoms with Gasteiger partial charge in [0.2, 0.25) is 11.8 Å². The first-order valence-corrected chi connectivity index (χ1v) is 12.3. The quantitative estimate of drug-likeness (QED) is 0.446. The van der Waals surface area contributed by atoms with Crippen molar-refractivity contribution < 1.29 is 14.4 Å². The Morgan fingerprint density at radius 1 is 0.970 bits per heavy atom. The first-order valence-electron chi connectivity index (χ1n) is 11.5. The molecule has 2 aromatic carbocycles. The second-order valence-corrected chi connectivity index (χ2v) is 10.8. The van der Waals surface area contributed by atoms with Crippen molar-refractivity contribution in [1.29, 1.82) is 0 Å². The average molecular weight is 505 g/mol. The molecule has 7 rings (SSSR count).